The minimum atomic E-state index is 0.928. The van der Waals surface area contributed by atoms with Gasteiger partial charge in [0, 0.05) is 0 Å². The van der Waals surface area contributed by atoms with Gasteiger partial charge in [-0.2, -0.15) is 0 Å². The van der Waals surface area contributed by atoms with Crippen LogP contribution in [0.5, 0.6) is 0 Å². The zero-order chi connectivity index (χ0) is 5.28. The van der Waals surface area contributed by atoms with Gasteiger partial charge >= 0.3 is 0 Å². The quantitative estimate of drug-likeness (QED) is 0.381. The smallest absolute Gasteiger partial charge is 0.147 e. The van der Waals surface area contributed by atoms with Crippen molar-refractivity contribution < 1.29 is 5.32 Å². The zero-order valence-electron chi connectivity index (χ0n) is 4.52. The Balaban J connectivity index is 2.10. The van der Waals surface area contributed by atoms with Gasteiger partial charge in [-0.1, -0.05) is 29.5 Å². The number of rotatable bonds is 2. The predicted octanol–water partition coefficient (Wildman–Crippen LogP) is 0.146. The zero-order valence-corrected chi connectivity index (χ0v) is 6.68. The first kappa shape index (κ1) is 5.82. The Morgan fingerprint density at radius 1 is 2.00 bits per heavy atom. The third-order valence-corrected chi connectivity index (χ3v) is 3.17. The summed E-state index contributed by atoms with van der Waals surface area (Å²) in [6.45, 7) is 3.63. The molecule has 2 N–H and O–H groups in total. The van der Waals surface area contributed by atoms with E-state index in [2.05, 4.69) is 34.8 Å². The minimum Gasteiger partial charge on any atom is -0.333 e. The van der Waals surface area contributed by atoms with Crippen LogP contribution in [0.15, 0.2) is 0 Å². The van der Waals surface area contributed by atoms with Crippen LogP contribution in [-0.4, -0.2) is 16.5 Å². The number of nitrogens with two attached hydrogens (primary N) is 1. The molecule has 2 atom stereocenters. The summed E-state index contributed by atoms with van der Waals surface area (Å²) in [6.07, 6.45) is 1.34. The average Bonchev–Trinajstić information content (AvgIpc) is 2.44. The lowest BCUT2D eigenvalue weighted by Crippen LogP contribution is -2.61. The van der Waals surface area contributed by atoms with Crippen LogP contribution in [0, 0.1) is 0 Å². The summed E-state index contributed by atoms with van der Waals surface area (Å²) in [7, 11) is 0. The van der Waals surface area contributed by atoms with E-state index in [4.69, 9.17) is 0 Å². The molecule has 0 aromatic rings. The van der Waals surface area contributed by atoms with Gasteiger partial charge < -0.3 is 5.32 Å². The van der Waals surface area contributed by atoms with Crippen molar-refractivity contribution in [3.8, 4) is 0 Å². The van der Waals surface area contributed by atoms with Gasteiger partial charge in [0.05, 0.1) is 3.92 Å². The summed E-state index contributed by atoms with van der Waals surface area (Å²) in [5.41, 5.74) is 0. The van der Waals surface area contributed by atoms with Gasteiger partial charge in [0.2, 0.25) is 0 Å². The molecule has 1 nitrogen and oxygen atoms in total. The van der Waals surface area contributed by atoms with Crippen molar-refractivity contribution in [2.75, 3.05) is 6.54 Å². The van der Waals surface area contributed by atoms with Crippen LogP contribution in [-0.2, 0) is 0 Å². The summed E-state index contributed by atoms with van der Waals surface area (Å²) in [6, 6.07) is 0.977. The summed E-state index contributed by atoms with van der Waals surface area (Å²) in [5.74, 6) is 0. The normalized spacial score (nSPS) is 32.6. The molecule has 1 aliphatic heterocycles. The highest BCUT2D eigenvalue weighted by molar-refractivity contribution is 14.1. The van der Waals surface area contributed by atoms with Gasteiger partial charge in [-0.15, -0.1) is 0 Å². The van der Waals surface area contributed by atoms with Crippen LogP contribution in [0.1, 0.15) is 13.3 Å². The molecule has 1 rings (SSSR count). The lowest BCUT2D eigenvalue weighted by atomic mass is 10.3. The van der Waals surface area contributed by atoms with Gasteiger partial charge in [0.15, 0.2) is 0 Å². The molecule has 0 bridgehead atoms. The van der Waals surface area contributed by atoms with Gasteiger partial charge in [-0.05, 0) is 6.42 Å². The second-order valence-corrected chi connectivity index (χ2v) is 3.66. The van der Waals surface area contributed by atoms with Crippen molar-refractivity contribution in [2.24, 2.45) is 0 Å². The van der Waals surface area contributed by atoms with E-state index >= 15 is 0 Å². The van der Waals surface area contributed by atoms with Crippen molar-refractivity contribution in [1.82, 2.24) is 0 Å². The Hall–Kier alpha value is 0.690. The molecule has 1 fully saturated rings. The Kier molecular flexibility index (Phi) is 1.92. The van der Waals surface area contributed by atoms with E-state index in [-0.39, 0.29) is 0 Å². The number of hydrogen-bond donors (Lipinski definition) is 1. The maximum atomic E-state index is 2.53. The van der Waals surface area contributed by atoms with Gasteiger partial charge in [-0.3, -0.25) is 0 Å². The number of alkyl halides is 1. The van der Waals surface area contributed by atoms with E-state index in [1.54, 1.807) is 0 Å². The summed E-state index contributed by atoms with van der Waals surface area (Å²) in [4.78, 5) is 0. The van der Waals surface area contributed by atoms with E-state index in [0.717, 1.165) is 9.97 Å². The molecule has 0 aromatic heterocycles. The molecule has 7 heavy (non-hydrogen) atoms. The van der Waals surface area contributed by atoms with Crippen LogP contribution >= 0.6 is 22.6 Å². The van der Waals surface area contributed by atoms with E-state index < -0.39 is 0 Å². The van der Waals surface area contributed by atoms with E-state index in [1.807, 2.05) is 0 Å². The molecular weight excluding hydrogens is 201 g/mol. The Labute approximate surface area is 58.0 Å². The van der Waals surface area contributed by atoms with Crippen LogP contribution in [0.3, 0.4) is 0 Å². The fourth-order valence-corrected chi connectivity index (χ4v) is 1.26. The highest BCUT2D eigenvalue weighted by Gasteiger charge is 2.33. The van der Waals surface area contributed by atoms with Crippen LogP contribution in [0.25, 0.3) is 0 Å². The van der Waals surface area contributed by atoms with E-state index in [9.17, 15) is 0 Å². The highest BCUT2D eigenvalue weighted by atomic mass is 127. The van der Waals surface area contributed by atoms with Crippen LogP contribution in [0.4, 0.5) is 0 Å². The van der Waals surface area contributed by atoms with Gasteiger partial charge in [0.1, 0.15) is 12.6 Å². The molecule has 2 heteroatoms. The number of quaternary nitrogens is 1. The van der Waals surface area contributed by atoms with Crippen molar-refractivity contribution >= 4 is 22.6 Å². The summed E-state index contributed by atoms with van der Waals surface area (Å²) in [5, 5.41) is 2.39. The van der Waals surface area contributed by atoms with Crippen molar-refractivity contribution in [2.45, 2.75) is 23.3 Å². The maximum Gasteiger partial charge on any atom is 0.147 e. The van der Waals surface area contributed by atoms with Crippen LogP contribution in [0.2, 0.25) is 0 Å². The first-order valence-corrected chi connectivity index (χ1v) is 4.06. The molecule has 42 valence electrons. The SMILES string of the molecule is CCC(I)C1C[NH2+]1. The summed E-state index contributed by atoms with van der Waals surface area (Å²) < 4.78 is 0.928. The third-order valence-electron chi connectivity index (χ3n) is 1.36. The lowest BCUT2D eigenvalue weighted by molar-refractivity contribution is -0.495. The average molecular weight is 212 g/mol. The second kappa shape index (κ2) is 2.31. The molecular formula is C5H11IN+. The third kappa shape index (κ3) is 1.57. The standard InChI is InChI=1S/C5H10IN/c1-2-4(6)5-3-7-5/h4-5,7H,2-3H2,1H3/p+1. The highest BCUT2D eigenvalue weighted by Crippen LogP contribution is 2.10. The monoisotopic (exact) mass is 212 g/mol. The van der Waals surface area contributed by atoms with E-state index in [1.165, 1.54) is 13.0 Å². The minimum absolute atomic E-state index is 0.928. The fourth-order valence-electron chi connectivity index (χ4n) is 0.677. The largest absolute Gasteiger partial charge is 0.333 e. The molecule has 0 radical (unpaired) electrons. The first-order chi connectivity index (χ1) is 3.34. The molecule has 0 aromatic carbocycles. The molecule has 0 amide bonds. The van der Waals surface area contributed by atoms with Crippen LogP contribution < -0.4 is 5.32 Å². The molecule has 1 aliphatic rings. The van der Waals surface area contributed by atoms with Crippen molar-refractivity contribution in [3.05, 3.63) is 0 Å². The number of hydrogen-bond acceptors (Lipinski definition) is 0. The molecule has 2 unspecified atom stereocenters. The molecule has 1 heterocycles. The topological polar surface area (TPSA) is 16.6 Å². The van der Waals surface area contributed by atoms with Gasteiger partial charge in [-0.25, -0.2) is 0 Å². The molecule has 0 saturated carbocycles. The number of halogens is 1. The second-order valence-electron chi connectivity index (χ2n) is 2.06. The van der Waals surface area contributed by atoms with E-state index in [0.29, 0.717) is 0 Å². The summed E-state index contributed by atoms with van der Waals surface area (Å²) >= 11 is 2.53. The fraction of sp³-hybridized carbons (Fsp3) is 1.00. The van der Waals surface area contributed by atoms with Crippen molar-refractivity contribution in [1.29, 1.82) is 0 Å². The molecule has 0 spiro atoms. The molecule has 1 saturated heterocycles. The molecule has 0 aliphatic carbocycles. The lowest BCUT2D eigenvalue weighted by Gasteiger charge is -1.94. The Morgan fingerprint density at radius 2 is 2.57 bits per heavy atom. The first-order valence-electron chi connectivity index (χ1n) is 2.82. The Morgan fingerprint density at radius 3 is 2.71 bits per heavy atom. The Bertz CT molecular complexity index is 61.1. The maximum absolute atomic E-state index is 2.53. The van der Waals surface area contributed by atoms with Gasteiger partial charge in [0.25, 0.3) is 0 Å². The predicted molar refractivity (Wildman–Crippen MR) is 38.7 cm³/mol. The van der Waals surface area contributed by atoms with Crippen molar-refractivity contribution in [3.63, 3.8) is 0 Å².